The number of carboxylic acids is 1. The molecule has 1 aliphatic rings. The maximum Gasteiger partial charge on any atom is 0.508 e. The Labute approximate surface area is 213 Å². The average molecular weight is 520 g/mol. The second-order valence-corrected chi connectivity index (χ2v) is 8.50. The van der Waals surface area contributed by atoms with Crippen molar-refractivity contribution in [2.75, 3.05) is 38.3 Å². The number of amides is 2. The summed E-state index contributed by atoms with van der Waals surface area (Å²) in [4.78, 5) is 50.0. The second kappa shape index (κ2) is 14.6. The summed E-state index contributed by atoms with van der Waals surface area (Å²) in [6.45, 7) is 5.13. The van der Waals surface area contributed by atoms with Gasteiger partial charge in [0.05, 0.1) is 30.6 Å². The number of carbonyl (C=O) groups is 4. The molecule has 0 bridgehead atoms. The Hall–Kier alpha value is -3.80. The van der Waals surface area contributed by atoms with Crippen LogP contribution in [-0.4, -0.2) is 72.0 Å². The summed E-state index contributed by atoms with van der Waals surface area (Å²) in [6.07, 6.45) is 1.36. The number of aromatic nitrogens is 1. The molecule has 1 saturated heterocycles. The van der Waals surface area contributed by atoms with Gasteiger partial charge in [0.15, 0.2) is 0 Å². The molecule has 1 aromatic heterocycles. The Morgan fingerprint density at radius 3 is 2.33 bits per heavy atom. The Morgan fingerprint density at radius 1 is 1.11 bits per heavy atom. The number of rotatable bonds is 10. The van der Waals surface area contributed by atoms with Gasteiger partial charge in [-0.3, -0.25) is 14.9 Å². The van der Waals surface area contributed by atoms with Gasteiger partial charge in [0, 0.05) is 13.2 Å². The number of hydrogen-bond acceptors (Lipinski definition) is 10. The van der Waals surface area contributed by atoms with E-state index in [1.807, 2.05) is 36.2 Å². The summed E-state index contributed by atoms with van der Waals surface area (Å²) < 4.78 is 14.6. The molecule has 2 aromatic rings. The Morgan fingerprint density at radius 2 is 1.78 bits per heavy atom. The molecule has 1 atom stereocenters. The summed E-state index contributed by atoms with van der Waals surface area (Å²) in [6, 6.07) is 10.3. The zero-order valence-corrected chi connectivity index (χ0v) is 21.1. The zero-order chi connectivity index (χ0) is 26.5. The molecule has 11 nitrogen and oxygen atoms in total. The van der Waals surface area contributed by atoms with E-state index < -0.39 is 12.1 Å². The van der Waals surface area contributed by atoms with Gasteiger partial charge < -0.3 is 24.2 Å². The van der Waals surface area contributed by atoms with E-state index >= 15 is 0 Å². The van der Waals surface area contributed by atoms with Crippen LogP contribution in [0.2, 0.25) is 0 Å². The lowest BCUT2D eigenvalue weighted by molar-refractivity contribution is -0.118. The highest BCUT2D eigenvalue weighted by atomic mass is 32.2. The molecule has 1 aliphatic heterocycles. The average Bonchev–Trinajstić information content (AvgIpc) is 3.17. The topological polar surface area (TPSA) is 144 Å². The van der Waals surface area contributed by atoms with Gasteiger partial charge in [-0.15, -0.1) is 0 Å². The van der Waals surface area contributed by atoms with Crippen LogP contribution in [0.25, 0.3) is 0 Å². The van der Waals surface area contributed by atoms with Crippen LogP contribution in [0, 0.1) is 0 Å². The number of nitrogens with one attached hydrogen (secondary N) is 1. The van der Waals surface area contributed by atoms with Crippen LogP contribution in [0.3, 0.4) is 0 Å². The minimum absolute atomic E-state index is 0.184. The normalized spacial score (nSPS) is 14.2. The molecular weight excluding hydrogens is 490 g/mol. The number of carbonyl (C=O) groups excluding carboxylic acids is 3. The van der Waals surface area contributed by atoms with E-state index in [1.54, 1.807) is 13.8 Å². The molecule has 194 valence electrons. The highest BCUT2D eigenvalue weighted by Gasteiger charge is 2.31. The summed E-state index contributed by atoms with van der Waals surface area (Å²) in [5.41, 5.74) is 1.13. The first-order chi connectivity index (χ1) is 17.2. The highest BCUT2D eigenvalue weighted by Crippen LogP contribution is 2.24. The molecule has 2 amide bonds. The number of benzene rings is 1. The fourth-order valence-electron chi connectivity index (χ4n) is 2.92. The van der Waals surface area contributed by atoms with Gasteiger partial charge in [0.25, 0.3) is 5.24 Å². The molecule has 3 rings (SSSR count). The fourth-order valence-corrected chi connectivity index (χ4v) is 3.78. The van der Waals surface area contributed by atoms with Crippen LogP contribution in [0.5, 0.6) is 5.75 Å². The van der Waals surface area contributed by atoms with Crippen LogP contribution >= 0.6 is 11.8 Å². The lowest BCUT2D eigenvalue weighted by atomic mass is 10.1. The van der Waals surface area contributed by atoms with E-state index in [-0.39, 0.29) is 22.0 Å². The third-order valence-electron chi connectivity index (χ3n) is 4.71. The number of imide groups is 1. The van der Waals surface area contributed by atoms with Crippen molar-refractivity contribution in [3.8, 4) is 5.75 Å². The third-order valence-corrected chi connectivity index (χ3v) is 5.70. The van der Waals surface area contributed by atoms with Crippen LogP contribution in [0.15, 0.2) is 42.6 Å². The first kappa shape index (κ1) is 28.4. The van der Waals surface area contributed by atoms with Crippen molar-refractivity contribution in [3.63, 3.8) is 0 Å². The summed E-state index contributed by atoms with van der Waals surface area (Å²) in [5.74, 6) is -0.00471. The molecular formula is C24H29N3O8S. The molecule has 2 N–H and O–H groups in total. The number of hydrogen-bond donors (Lipinski definition) is 2. The molecule has 1 unspecified atom stereocenters. The van der Waals surface area contributed by atoms with Gasteiger partial charge >= 0.3 is 12.1 Å². The number of ether oxygens (including phenoxy) is 3. The van der Waals surface area contributed by atoms with Gasteiger partial charge in [-0.1, -0.05) is 23.9 Å². The van der Waals surface area contributed by atoms with Gasteiger partial charge in [-0.25, -0.2) is 14.6 Å². The number of likely N-dealkylation sites (N-methyl/N-ethyl adjacent to an activating group) is 1. The molecule has 1 fully saturated rings. The number of carboxylic acid groups (broad SMARTS) is 1. The number of anilines is 1. The van der Waals surface area contributed by atoms with E-state index in [1.165, 1.54) is 18.3 Å². The van der Waals surface area contributed by atoms with E-state index in [0.717, 1.165) is 17.3 Å². The molecule has 12 heteroatoms. The highest BCUT2D eigenvalue weighted by molar-refractivity contribution is 8.15. The minimum atomic E-state index is -0.994. The van der Waals surface area contributed by atoms with Crippen molar-refractivity contribution in [2.24, 2.45) is 0 Å². The number of pyridine rings is 1. The Kier molecular flexibility index (Phi) is 11.5. The van der Waals surface area contributed by atoms with Crippen molar-refractivity contribution in [1.29, 1.82) is 0 Å². The maximum atomic E-state index is 11.6. The van der Waals surface area contributed by atoms with Crippen molar-refractivity contribution in [3.05, 3.63) is 53.7 Å². The van der Waals surface area contributed by atoms with E-state index in [4.69, 9.17) is 9.84 Å². The molecule has 36 heavy (non-hydrogen) atoms. The number of nitrogens with zero attached hydrogens (tertiary/aromatic N) is 2. The summed E-state index contributed by atoms with van der Waals surface area (Å²) in [7, 11) is 1.81. The second-order valence-electron chi connectivity index (χ2n) is 7.33. The maximum absolute atomic E-state index is 11.6. The fraction of sp³-hybridized carbons (Fsp3) is 0.375. The lowest BCUT2D eigenvalue weighted by Gasteiger charge is -2.18. The lowest BCUT2D eigenvalue weighted by Crippen LogP contribution is -2.25. The van der Waals surface area contributed by atoms with E-state index in [0.29, 0.717) is 44.4 Å². The molecule has 1 aromatic carbocycles. The van der Waals surface area contributed by atoms with Crippen LogP contribution in [0.4, 0.5) is 15.4 Å². The van der Waals surface area contributed by atoms with E-state index in [2.05, 4.69) is 19.8 Å². The molecule has 0 aliphatic carbocycles. The van der Waals surface area contributed by atoms with Gasteiger partial charge in [0.1, 0.15) is 18.2 Å². The Bertz CT molecular complexity index is 1040. The summed E-state index contributed by atoms with van der Waals surface area (Å²) in [5, 5.41) is 10.6. The SMILES string of the molecule is CCOC(=O)OCC.CN(CCOc1ccc(CC2SC(=O)NC2=O)cc1)c1cc(C(=O)O)ccn1. The first-order valence-corrected chi connectivity index (χ1v) is 12.0. The van der Waals surface area contributed by atoms with Crippen molar-refractivity contribution in [2.45, 2.75) is 25.5 Å². The quantitative estimate of drug-likeness (QED) is 0.446. The Balaban J connectivity index is 0.000000493. The van der Waals surface area contributed by atoms with Gasteiger partial charge in [0.2, 0.25) is 5.91 Å². The molecule has 2 heterocycles. The van der Waals surface area contributed by atoms with Gasteiger partial charge in [-0.2, -0.15) is 0 Å². The van der Waals surface area contributed by atoms with Crippen molar-refractivity contribution >= 4 is 40.9 Å². The van der Waals surface area contributed by atoms with Crippen molar-refractivity contribution < 1.29 is 38.5 Å². The van der Waals surface area contributed by atoms with Gasteiger partial charge in [-0.05, 0) is 50.1 Å². The van der Waals surface area contributed by atoms with Crippen LogP contribution < -0.4 is 15.0 Å². The smallest absolute Gasteiger partial charge is 0.492 e. The standard InChI is InChI=1S/C19H19N3O5S.C5H10O3/c1-22(16-11-13(18(24)25)6-7-20-16)8-9-27-14-4-2-12(3-5-14)10-15-17(23)21-19(26)28-15;1-3-7-5(6)8-4-2/h2-7,11,15H,8-10H2,1H3,(H,24,25)(H,21,23,26);3-4H2,1-2H3. The number of aromatic carboxylic acids is 1. The van der Waals surface area contributed by atoms with E-state index in [9.17, 15) is 19.2 Å². The predicted octanol–water partition coefficient (Wildman–Crippen LogP) is 3.37. The zero-order valence-electron chi connectivity index (χ0n) is 20.3. The molecule has 0 saturated carbocycles. The molecule has 0 spiro atoms. The molecule has 0 radical (unpaired) electrons. The predicted molar refractivity (Wildman–Crippen MR) is 134 cm³/mol. The minimum Gasteiger partial charge on any atom is -0.492 e. The van der Waals surface area contributed by atoms with Crippen LogP contribution in [0.1, 0.15) is 29.8 Å². The summed E-state index contributed by atoms with van der Waals surface area (Å²) >= 11 is 1.01. The number of thioether (sulfide) groups is 1. The third kappa shape index (κ3) is 9.45. The largest absolute Gasteiger partial charge is 0.508 e. The first-order valence-electron chi connectivity index (χ1n) is 11.2. The van der Waals surface area contributed by atoms with Crippen LogP contribution in [-0.2, 0) is 20.7 Å². The van der Waals surface area contributed by atoms with Crippen molar-refractivity contribution in [1.82, 2.24) is 10.3 Å². The monoisotopic (exact) mass is 519 g/mol.